The monoisotopic (exact) mass is 418 g/mol. The minimum atomic E-state index is -0.676. The number of hydrogen-bond donors (Lipinski definition) is 2. The summed E-state index contributed by atoms with van der Waals surface area (Å²) < 4.78 is 10.5. The van der Waals surface area contributed by atoms with E-state index in [4.69, 9.17) is 9.47 Å². The van der Waals surface area contributed by atoms with E-state index in [9.17, 15) is 9.59 Å². The molecule has 0 saturated heterocycles. The number of methoxy groups -OCH3 is 2. The second kappa shape index (κ2) is 10.8. The van der Waals surface area contributed by atoms with Crippen LogP contribution >= 0.6 is 0 Å². The van der Waals surface area contributed by atoms with E-state index in [1.807, 2.05) is 78.9 Å². The molecule has 0 spiro atoms. The number of carbonyl (C=O) groups is 2. The maximum Gasteiger partial charge on any atom is 0.310 e. The molecular formula is C25H26N2O4. The molecule has 2 N–H and O–H groups in total. The Balaban J connectivity index is 1.60. The lowest BCUT2D eigenvalue weighted by Gasteiger charge is -2.19. The van der Waals surface area contributed by atoms with Crippen LogP contribution in [0.4, 0.5) is 0 Å². The number of carbonyl (C=O) groups excluding carboxylic acids is 2. The number of benzene rings is 3. The van der Waals surface area contributed by atoms with Crippen LogP contribution in [0.1, 0.15) is 22.7 Å². The van der Waals surface area contributed by atoms with Crippen LogP contribution in [0.5, 0.6) is 11.5 Å². The Hall–Kier alpha value is -3.80. The topological polar surface area (TPSA) is 76.7 Å². The maximum atomic E-state index is 12.6. The largest absolute Gasteiger partial charge is 0.493 e. The number of rotatable bonds is 8. The van der Waals surface area contributed by atoms with Crippen molar-refractivity contribution in [2.45, 2.75) is 12.5 Å². The van der Waals surface area contributed by atoms with Crippen molar-refractivity contribution in [3.63, 3.8) is 0 Å². The van der Waals surface area contributed by atoms with Gasteiger partial charge in [0.15, 0.2) is 11.5 Å². The fraction of sp³-hybridized carbons (Fsp3) is 0.200. The van der Waals surface area contributed by atoms with Crippen LogP contribution in [0.2, 0.25) is 0 Å². The van der Waals surface area contributed by atoms with E-state index in [0.29, 0.717) is 24.5 Å². The van der Waals surface area contributed by atoms with Gasteiger partial charge < -0.3 is 20.1 Å². The molecule has 3 rings (SSSR count). The number of amides is 2. The van der Waals surface area contributed by atoms with E-state index < -0.39 is 17.9 Å². The predicted octanol–water partition coefficient (Wildman–Crippen LogP) is 3.27. The van der Waals surface area contributed by atoms with Crippen LogP contribution in [-0.4, -0.2) is 32.6 Å². The second-order valence-electron chi connectivity index (χ2n) is 6.92. The lowest BCUT2D eigenvalue weighted by Crippen LogP contribution is -2.42. The summed E-state index contributed by atoms with van der Waals surface area (Å²) in [5, 5.41) is 5.53. The van der Waals surface area contributed by atoms with Crippen LogP contribution in [-0.2, 0) is 16.0 Å². The van der Waals surface area contributed by atoms with Gasteiger partial charge in [0.25, 0.3) is 0 Å². The zero-order valence-corrected chi connectivity index (χ0v) is 17.6. The molecule has 0 aliphatic carbocycles. The normalized spacial score (nSPS) is 10.4. The summed E-state index contributed by atoms with van der Waals surface area (Å²) in [4.78, 5) is 25.0. The molecule has 0 bridgehead atoms. The highest BCUT2D eigenvalue weighted by Gasteiger charge is 2.21. The van der Waals surface area contributed by atoms with Crippen LogP contribution in [0.3, 0.4) is 0 Å². The molecule has 0 fully saturated rings. The highest BCUT2D eigenvalue weighted by atomic mass is 16.5. The minimum absolute atomic E-state index is 0.322. The lowest BCUT2D eigenvalue weighted by atomic mass is 9.99. The first-order valence-corrected chi connectivity index (χ1v) is 10.0. The molecule has 2 amide bonds. The number of nitrogens with one attached hydrogen (secondary N) is 2. The molecule has 0 aliphatic rings. The molecule has 0 atom stereocenters. The van der Waals surface area contributed by atoms with Gasteiger partial charge in [-0.1, -0.05) is 66.7 Å². The smallest absolute Gasteiger partial charge is 0.310 e. The molecule has 6 nitrogen and oxygen atoms in total. The molecule has 0 unspecified atom stereocenters. The summed E-state index contributed by atoms with van der Waals surface area (Å²) in [6.07, 6.45) is 0.556. The summed E-state index contributed by atoms with van der Waals surface area (Å²) in [5.74, 6) is -0.0810. The van der Waals surface area contributed by atoms with Crippen molar-refractivity contribution in [3.05, 3.63) is 95.6 Å². The molecule has 160 valence electrons. The first-order valence-electron chi connectivity index (χ1n) is 10.0. The van der Waals surface area contributed by atoms with Crippen LogP contribution < -0.4 is 20.1 Å². The SMILES string of the molecule is COc1ccc(CCNC(=O)C(=O)NC(c2ccccc2)c2ccccc2)cc1OC. The summed E-state index contributed by atoms with van der Waals surface area (Å²) >= 11 is 0. The molecule has 3 aromatic carbocycles. The summed E-state index contributed by atoms with van der Waals surface area (Å²) in [7, 11) is 3.15. The Morgan fingerprint density at radius 2 is 1.35 bits per heavy atom. The molecule has 0 aliphatic heterocycles. The van der Waals surface area contributed by atoms with Gasteiger partial charge in [-0.2, -0.15) is 0 Å². The molecule has 31 heavy (non-hydrogen) atoms. The summed E-state index contributed by atoms with van der Waals surface area (Å²) in [6.45, 7) is 0.322. The first-order chi connectivity index (χ1) is 15.1. The van der Waals surface area contributed by atoms with Crippen LogP contribution in [0.25, 0.3) is 0 Å². The van der Waals surface area contributed by atoms with Gasteiger partial charge in [0.2, 0.25) is 0 Å². The standard InChI is InChI=1S/C25H26N2O4/c1-30-21-14-13-18(17-22(21)31-2)15-16-26-24(28)25(29)27-23(19-9-5-3-6-10-19)20-11-7-4-8-12-20/h3-14,17,23H,15-16H2,1-2H3,(H,26,28)(H,27,29). The van der Waals surface area contributed by atoms with Crippen molar-refractivity contribution in [1.29, 1.82) is 0 Å². The fourth-order valence-electron chi connectivity index (χ4n) is 3.28. The quantitative estimate of drug-likeness (QED) is 0.551. The Morgan fingerprint density at radius 3 is 1.90 bits per heavy atom. The second-order valence-corrected chi connectivity index (χ2v) is 6.92. The highest BCUT2D eigenvalue weighted by molar-refractivity contribution is 6.35. The molecule has 0 radical (unpaired) electrons. The van der Waals surface area contributed by atoms with Gasteiger partial charge in [-0.05, 0) is 35.2 Å². The Bertz CT molecular complexity index is 967. The van der Waals surface area contributed by atoms with Crippen LogP contribution in [0, 0.1) is 0 Å². The molecular weight excluding hydrogens is 392 g/mol. The van der Waals surface area contributed by atoms with E-state index in [2.05, 4.69) is 10.6 Å². The third-order valence-electron chi connectivity index (χ3n) is 4.89. The zero-order valence-electron chi connectivity index (χ0n) is 17.6. The van der Waals surface area contributed by atoms with E-state index in [0.717, 1.165) is 16.7 Å². The lowest BCUT2D eigenvalue weighted by molar-refractivity contribution is -0.139. The molecule has 0 aromatic heterocycles. The average Bonchev–Trinajstić information content (AvgIpc) is 2.83. The van der Waals surface area contributed by atoms with Gasteiger partial charge in [0.05, 0.1) is 20.3 Å². The fourth-order valence-corrected chi connectivity index (χ4v) is 3.28. The van der Waals surface area contributed by atoms with Crippen molar-refractivity contribution in [2.24, 2.45) is 0 Å². The molecule has 3 aromatic rings. The van der Waals surface area contributed by atoms with Crippen molar-refractivity contribution in [1.82, 2.24) is 10.6 Å². The van der Waals surface area contributed by atoms with Gasteiger partial charge in [-0.3, -0.25) is 9.59 Å². The Morgan fingerprint density at radius 1 is 0.774 bits per heavy atom. The van der Waals surface area contributed by atoms with Crippen molar-refractivity contribution >= 4 is 11.8 Å². The third-order valence-corrected chi connectivity index (χ3v) is 4.89. The zero-order chi connectivity index (χ0) is 22.1. The molecule has 0 heterocycles. The van der Waals surface area contributed by atoms with Gasteiger partial charge in [0, 0.05) is 6.54 Å². The van der Waals surface area contributed by atoms with Crippen molar-refractivity contribution in [2.75, 3.05) is 20.8 Å². The van der Waals surface area contributed by atoms with Crippen molar-refractivity contribution in [3.8, 4) is 11.5 Å². The highest BCUT2D eigenvalue weighted by Crippen LogP contribution is 2.27. The van der Waals surface area contributed by atoms with Gasteiger partial charge in [-0.15, -0.1) is 0 Å². The van der Waals surface area contributed by atoms with Crippen LogP contribution in [0.15, 0.2) is 78.9 Å². The average molecular weight is 418 g/mol. The van der Waals surface area contributed by atoms with Gasteiger partial charge in [-0.25, -0.2) is 0 Å². The predicted molar refractivity (Wildman–Crippen MR) is 119 cm³/mol. The van der Waals surface area contributed by atoms with E-state index >= 15 is 0 Å². The number of ether oxygens (including phenoxy) is 2. The van der Waals surface area contributed by atoms with Gasteiger partial charge in [0.1, 0.15) is 0 Å². The van der Waals surface area contributed by atoms with Gasteiger partial charge >= 0.3 is 11.8 Å². The van der Waals surface area contributed by atoms with E-state index in [-0.39, 0.29) is 0 Å². The summed E-state index contributed by atoms with van der Waals surface area (Å²) in [5.41, 5.74) is 2.77. The number of hydrogen-bond acceptors (Lipinski definition) is 4. The maximum absolute atomic E-state index is 12.6. The Labute approximate surface area is 182 Å². The first kappa shape index (κ1) is 21.9. The molecule has 0 saturated carbocycles. The van der Waals surface area contributed by atoms with E-state index in [1.54, 1.807) is 14.2 Å². The third kappa shape index (κ3) is 5.85. The summed E-state index contributed by atoms with van der Waals surface area (Å²) in [6, 6.07) is 24.3. The Kier molecular flexibility index (Phi) is 7.65. The van der Waals surface area contributed by atoms with E-state index in [1.165, 1.54) is 0 Å². The minimum Gasteiger partial charge on any atom is -0.493 e. The van der Waals surface area contributed by atoms with Crippen molar-refractivity contribution < 1.29 is 19.1 Å². The molecule has 6 heteroatoms.